The third-order valence-electron chi connectivity index (χ3n) is 3.61. The van der Waals surface area contributed by atoms with Gasteiger partial charge in [-0.3, -0.25) is 0 Å². The molecule has 7 nitrogen and oxygen atoms in total. The van der Waals surface area contributed by atoms with Gasteiger partial charge in [-0.15, -0.1) is 0 Å². The Labute approximate surface area is 140 Å². The van der Waals surface area contributed by atoms with Gasteiger partial charge < -0.3 is 19.7 Å². The molecule has 0 spiro atoms. The molecule has 1 N–H and O–H groups in total. The van der Waals surface area contributed by atoms with Crippen molar-refractivity contribution in [2.24, 2.45) is 0 Å². The fourth-order valence-electron chi connectivity index (χ4n) is 2.39. The van der Waals surface area contributed by atoms with Crippen LogP contribution in [0.25, 0.3) is 0 Å². The van der Waals surface area contributed by atoms with Gasteiger partial charge >= 0.3 is 5.97 Å². The Morgan fingerprint density at radius 2 is 2.00 bits per heavy atom. The molecular formula is C17H20N4O3. The number of nitrogens with zero attached hydrogens (tertiary/aromatic N) is 3. The van der Waals surface area contributed by atoms with Crippen LogP contribution >= 0.6 is 0 Å². The van der Waals surface area contributed by atoms with Gasteiger partial charge in [0, 0.05) is 25.0 Å². The Balaban J connectivity index is 1.68. The van der Waals surface area contributed by atoms with Crippen LogP contribution in [0.1, 0.15) is 17.3 Å². The summed E-state index contributed by atoms with van der Waals surface area (Å²) in [4.78, 5) is 22.6. The number of hydrogen-bond acceptors (Lipinski definition) is 7. The lowest BCUT2D eigenvalue weighted by molar-refractivity contribution is 0.0526. The van der Waals surface area contributed by atoms with Crippen molar-refractivity contribution < 1.29 is 14.3 Å². The molecule has 1 saturated heterocycles. The Hall–Kier alpha value is -2.67. The van der Waals surface area contributed by atoms with E-state index in [0.29, 0.717) is 37.2 Å². The summed E-state index contributed by atoms with van der Waals surface area (Å²) in [5.74, 6) is 1.07. The molecule has 0 aliphatic carbocycles. The first-order valence-corrected chi connectivity index (χ1v) is 7.96. The molecule has 7 heteroatoms. The average molecular weight is 328 g/mol. The van der Waals surface area contributed by atoms with Gasteiger partial charge in [0.15, 0.2) is 0 Å². The van der Waals surface area contributed by atoms with Crippen molar-refractivity contribution in [3.8, 4) is 0 Å². The van der Waals surface area contributed by atoms with Gasteiger partial charge in [-0.25, -0.2) is 9.78 Å². The molecule has 1 fully saturated rings. The summed E-state index contributed by atoms with van der Waals surface area (Å²) in [7, 11) is 0. The first kappa shape index (κ1) is 16.2. The predicted molar refractivity (Wildman–Crippen MR) is 90.7 cm³/mol. The number of morpholine rings is 1. The van der Waals surface area contributed by atoms with Crippen molar-refractivity contribution in [2.45, 2.75) is 6.92 Å². The summed E-state index contributed by atoms with van der Waals surface area (Å²) in [6.45, 7) is 5.11. The molecule has 1 aromatic heterocycles. The van der Waals surface area contributed by atoms with Gasteiger partial charge in [0.25, 0.3) is 0 Å². The highest BCUT2D eigenvalue weighted by Gasteiger charge is 2.14. The van der Waals surface area contributed by atoms with E-state index in [1.807, 2.05) is 18.2 Å². The number of carbonyl (C=O) groups is 1. The minimum atomic E-state index is -0.319. The average Bonchev–Trinajstić information content (AvgIpc) is 2.63. The van der Waals surface area contributed by atoms with Gasteiger partial charge in [-0.05, 0) is 37.3 Å². The minimum Gasteiger partial charge on any atom is -0.462 e. The summed E-state index contributed by atoms with van der Waals surface area (Å²) in [6, 6.07) is 8.91. The van der Waals surface area contributed by atoms with Crippen molar-refractivity contribution in [3.05, 3.63) is 42.1 Å². The van der Waals surface area contributed by atoms with E-state index in [-0.39, 0.29) is 5.97 Å². The van der Waals surface area contributed by atoms with E-state index >= 15 is 0 Å². The fraction of sp³-hybridized carbons (Fsp3) is 0.353. The number of benzene rings is 1. The number of carbonyl (C=O) groups excluding carboxylic acids is 1. The Morgan fingerprint density at radius 1 is 1.25 bits per heavy atom. The second-order valence-electron chi connectivity index (χ2n) is 5.26. The highest BCUT2D eigenvalue weighted by atomic mass is 16.5. The van der Waals surface area contributed by atoms with Gasteiger partial charge in [0.2, 0.25) is 5.95 Å². The molecule has 2 heterocycles. The van der Waals surface area contributed by atoms with Gasteiger partial charge in [0.1, 0.15) is 5.82 Å². The SMILES string of the molecule is CCOC(=O)c1ccc(Nc2ccnc(N3CCOCC3)n2)cc1. The first-order valence-electron chi connectivity index (χ1n) is 7.96. The van der Waals surface area contributed by atoms with E-state index in [2.05, 4.69) is 20.2 Å². The lowest BCUT2D eigenvalue weighted by Crippen LogP contribution is -2.37. The molecule has 24 heavy (non-hydrogen) atoms. The summed E-state index contributed by atoms with van der Waals surface area (Å²) in [6.07, 6.45) is 1.73. The number of anilines is 3. The second-order valence-corrected chi connectivity index (χ2v) is 5.26. The van der Waals surface area contributed by atoms with E-state index in [1.165, 1.54) is 0 Å². The molecule has 0 bridgehead atoms. The smallest absolute Gasteiger partial charge is 0.338 e. The molecule has 0 saturated carbocycles. The van der Waals surface area contributed by atoms with Crippen molar-refractivity contribution in [1.29, 1.82) is 0 Å². The second kappa shape index (κ2) is 7.74. The van der Waals surface area contributed by atoms with Crippen LogP contribution < -0.4 is 10.2 Å². The zero-order valence-corrected chi connectivity index (χ0v) is 13.6. The van der Waals surface area contributed by atoms with Crippen LogP contribution in [0.15, 0.2) is 36.5 Å². The lowest BCUT2D eigenvalue weighted by Gasteiger charge is -2.26. The van der Waals surface area contributed by atoms with E-state index in [9.17, 15) is 4.79 Å². The predicted octanol–water partition coefficient (Wildman–Crippen LogP) is 2.23. The van der Waals surface area contributed by atoms with Crippen molar-refractivity contribution >= 4 is 23.4 Å². The highest BCUT2D eigenvalue weighted by Crippen LogP contribution is 2.18. The monoisotopic (exact) mass is 328 g/mol. The summed E-state index contributed by atoms with van der Waals surface area (Å²) in [5, 5.41) is 3.22. The van der Waals surface area contributed by atoms with Gasteiger partial charge in [-0.2, -0.15) is 4.98 Å². The maximum Gasteiger partial charge on any atom is 0.338 e. The molecular weight excluding hydrogens is 308 g/mol. The van der Waals surface area contributed by atoms with Crippen LogP contribution in [0.5, 0.6) is 0 Å². The summed E-state index contributed by atoms with van der Waals surface area (Å²) >= 11 is 0. The largest absolute Gasteiger partial charge is 0.462 e. The highest BCUT2D eigenvalue weighted by molar-refractivity contribution is 5.89. The van der Waals surface area contributed by atoms with Crippen LogP contribution in [0.2, 0.25) is 0 Å². The summed E-state index contributed by atoms with van der Waals surface area (Å²) < 4.78 is 10.3. The topological polar surface area (TPSA) is 76.6 Å². The van der Waals surface area contributed by atoms with Crippen LogP contribution in [-0.4, -0.2) is 48.8 Å². The normalized spacial score (nSPS) is 14.3. The lowest BCUT2D eigenvalue weighted by atomic mass is 10.2. The Bertz CT molecular complexity index is 684. The number of rotatable bonds is 5. The first-order chi connectivity index (χ1) is 11.8. The molecule has 0 amide bonds. The number of ether oxygens (including phenoxy) is 2. The number of nitrogens with one attached hydrogen (secondary N) is 1. The Kier molecular flexibility index (Phi) is 5.22. The zero-order chi connectivity index (χ0) is 16.8. The van der Waals surface area contributed by atoms with E-state index in [4.69, 9.17) is 9.47 Å². The van der Waals surface area contributed by atoms with Crippen LogP contribution in [0.3, 0.4) is 0 Å². The van der Waals surface area contributed by atoms with Crippen LogP contribution in [0, 0.1) is 0 Å². The maximum atomic E-state index is 11.7. The fourth-order valence-corrected chi connectivity index (χ4v) is 2.39. The van der Waals surface area contributed by atoms with E-state index < -0.39 is 0 Å². The molecule has 126 valence electrons. The van der Waals surface area contributed by atoms with E-state index in [0.717, 1.165) is 18.8 Å². The standard InChI is InChI=1S/C17H20N4O3/c1-2-24-16(22)13-3-5-14(6-4-13)19-15-7-8-18-17(20-15)21-9-11-23-12-10-21/h3-8H,2,9-12H2,1H3,(H,18,19,20). The molecule has 0 atom stereocenters. The van der Waals surface area contributed by atoms with Crippen molar-refractivity contribution in [1.82, 2.24) is 9.97 Å². The van der Waals surface area contributed by atoms with Crippen molar-refractivity contribution in [2.75, 3.05) is 43.1 Å². The minimum absolute atomic E-state index is 0.319. The quantitative estimate of drug-likeness (QED) is 0.843. The zero-order valence-electron chi connectivity index (χ0n) is 13.6. The van der Waals surface area contributed by atoms with Crippen LogP contribution in [0.4, 0.5) is 17.5 Å². The molecule has 0 unspecified atom stereocenters. The molecule has 1 aliphatic rings. The molecule has 0 radical (unpaired) electrons. The summed E-state index contributed by atoms with van der Waals surface area (Å²) in [5.41, 5.74) is 1.37. The molecule has 1 aromatic carbocycles. The van der Waals surface area contributed by atoms with Crippen molar-refractivity contribution in [3.63, 3.8) is 0 Å². The van der Waals surface area contributed by atoms with Crippen LogP contribution in [-0.2, 0) is 9.47 Å². The maximum absolute atomic E-state index is 11.7. The number of hydrogen-bond donors (Lipinski definition) is 1. The molecule has 3 rings (SSSR count). The molecule has 1 aliphatic heterocycles. The number of esters is 1. The third kappa shape index (κ3) is 3.99. The third-order valence-corrected chi connectivity index (χ3v) is 3.61. The van der Waals surface area contributed by atoms with E-state index in [1.54, 1.807) is 25.3 Å². The Morgan fingerprint density at radius 3 is 2.71 bits per heavy atom. The van der Waals surface area contributed by atoms with Gasteiger partial charge in [0.05, 0.1) is 25.4 Å². The van der Waals surface area contributed by atoms with Gasteiger partial charge in [-0.1, -0.05) is 0 Å². The molecule has 2 aromatic rings. The number of aromatic nitrogens is 2.